The summed E-state index contributed by atoms with van der Waals surface area (Å²) in [5.74, 6) is -1.37. The van der Waals surface area contributed by atoms with Crippen molar-refractivity contribution in [3.05, 3.63) is 65.2 Å². The Bertz CT molecular complexity index is 718. The third kappa shape index (κ3) is 1.88. The molecule has 2 aromatic carbocycles. The maximum atomic E-state index is 12.8. The summed E-state index contributed by atoms with van der Waals surface area (Å²) in [7, 11) is 0. The molecule has 0 bridgehead atoms. The second-order valence-electron chi connectivity index (χ2n) is 6.07. The van der Waals surface area contributed by atoms with Crippen molar-refractivity contribution in [3.63, 3.8) is 0 Å². The van der Waals surface area contributed by atoms with Crippen LogP contribution in [0.3, 0.4) is 0 Å². The van der Waals surface area contributed by atoms with Crippen molar-refractivity contribution in [3.8, 4) is 5.75 Å². The molecule has 1 atom stereocenters. The molecule has 1 aliphatic heterocycles. The molecule has 3 nitrogen and oxygen atoms in total. The normalized spacial score (nSPS) is 23.3. The highest BCUT2D eigenvalue weighted by Gasteiger charge is 2.56. The van der Waals surface area contributed by atoms with Crippen molar-refractivity contribution < 1.29 is 14.6 Å². The Morgan fingerprint density at radius 1 is 1.05 bits per heavy atom. The van der Waals surface area contributed by atoms with Gasteiger partial charge in [0.2, 0.25) is 5.79 Å². The van der Waals surface area contributed by atoms with E-state index in [9.17, 15) is 9.90 Å². The zero-order valence-corrected chi connectivity index (χ0v) is 12.4. The lowest BCUT2D eigenvalue weighted by atomic mass is 9.71. The lowest BCUT2D eigenvalue weighted by molar-refractivity contribution is -0.210. The van der Waals surface area contributed by atoms with E-state index >= 15 is 0 Å². The quantitative estimate of drug-likeness (QED) is 0.871. The molecule has 108 valence electrons. The standard InChI is InChI=1S/C18H18O3/c1-12-7-6-8-13(11-12)18(20)17(2,3)16(19)14-9-4-5-10-15(14)21-18/h4-11,20H,1-3H3. The van der Waals surface area contributed by atoms with Gasteiger partial charge in [-0.2, -0.15) is 0 Å². The number of aryl methyl sites for hydroxylation is 1. The molecule has 0 fully saturated rings. The van der Waals surface area contributed by atoms with Crippen molar-refractivity contribution in [2.75, 3.05) is 0 Å². The molecule has 0 amide bonds. The van der Waals surface area contributed by atoms with Crippen molar-refractivity contribution in [1.29, 1.82) is 0 Å². The number of rotatable bonds is 1. The molecule has 2 aromatic rings. The summed E-state index contributed by atoms with van der Waals surface area (Å²) in [5.41, 5.74) is 1.04. The SMILES string of the molecule is Cc1cccc(C2(O)Oc3ccccc3C(=O)C2(C)C)c1. The van der Waals surface area contributed by atoms with Crippen molar-refractivity contribution in [2.24, 2.45) is 5.41 Å². The maximum absolute atomic E-state index is 12.8. The van der Waals surface area contributed by atoms with Crippen molar-refractivity contribution in [1.82, 2.24) is 0 Å². The van der Waals surface area contributed by atoms with E-state index in [1.54, 1.807) is 44.2 Å². The Morgan fingerprint density at radius 2 is 1.76 bits per heavy atom. The second-order valence-corrected chi connectivity index (χ2v) is 6.07. The second kappa shape index (κ2) is 4.43. The third-order valence-corrected chi connectivity index (χ3v) is 4.21. The monoisotopic (exact) mass is 282 g/mol. The Morgan fingerprint density at radius 3 is 2.48 bits per heavy atom. The van der Waals surface area contributed by atoms with Crippen LogP contribution in [0.15, 0.2) is 48.5 Å². The molecule has 0 spiro atoms. The molecular weight excluding hydrogens is 264 g/mol. The van der Waals surface area contributed by atoms with Crippen LogP contribution in [0.2, 0.25) is 0 Å². The number of hydrogen-bond donors (Lipinski definition) is 1. The van der Waals surface area contributed by atoms with Crippen LogP contribution in [0.25, 0.3) is 0 Å². The lowest BCUT2D eigenvalue weighted by Crippen LogP contribution is -2.54. The molecule has 3 rings (SSSR count). The first-order chi connectivity index (χ1) is 9.86. The number of fused-ring (bicyclic) bond motifs is 1. The van der Waals surface area contributed by atoms with E-state index in [2.05, 4.69) is 0 Å². The molecule has 1 aliphatic rings. The molecule has 1 heterocycles. The summed E-state index contributed by atoms with van der Waals surface area (Å²) in [6.45, 7) is 5.37. The molecule has 0 saturated heterocycles. The van der Waals surface area contributed by atoms with E-state index < -0.39 is 11.2 Å². The van der Waals surface area contributed by atoms with Crippen LogP contribution in [0.1, 0.15) is 35.3 Å². The number of para-hydroxylation sites is 1. The van der Waals surface area contributed by atoms with Gasteiger partial charge in [0.05, 0.1) is 11.0 Å². The summed E-state index contributed by atoms with van der Waals surface area (Å²) in [6.07, 6.45) is 0. The molecular formula is C18H18O3. The zero-order valence-electron chi connectivity index (χ0n) is 12.4. The minimum atomic E-state index is -1.68. The molecule has 3 heteroatoms. The van der Waals surface area contributed by atoms with E-state index in [1.165, 1.54) is 0 Å². The highest BCUT2D eigenvalue weighted by atomic mass is 16.6. The van der Waals surface area contributed by atoms with Crippen molar-refractivity contribution in [2.45, 2.75) is 26.6 Å². The minimum Gasteiger partial charge on any atom is -0.456 e. The number of benzene rings is 2. The highest BCUT2D eigenvalue weighted by molar-refractivity contribution is 6.04. The summed E-state index contributed by atoms with van der Waals surface area (Å²) in [6, 6.07) is 14.5. The van der Waals surface area contributed by atoms with E-state index in [0.717, 1.165) is 5.56 Å². The number of aliphatic hydroxyl groups is 1. The maximum Gasteiger partial charge on any atom is 0.247 e. The van der Waals surface area contributed by atoms with Gasteiger partial charge in [0, 0.05) is 5.56 Å². The average Bonchev–Trinajstić information content (AvgIpc) is 2.45. The van der Waals surface area contributed by atoms with Crippen LogP contribution < -0.4 is 4.74 Å². The summed E-state index contributed by atoms with van der Waals surface area (Å²) in [5, 5.41) is 11.2. The molecule has 21 heavy (non-hydrogen) atoms. The van der Waals surface area contributed by atoms with E-state index in [1.807, 2.05) is 25.1 Å². The fourth-order valence-electron chi connectivity index (χ4n) is 2.80. The van der Waals surface area contributed by atoms with E-state index in [0.29, 0.717) is 16.9 Å². The van der Waals surface area contributed by atoms with Gasteiger partial charge < -0.3 is 9.84 Å². The number of carbonyl (C=O) groups excluding carboxylic acids is 1. The first kappa shape index (κ1) is 13.8. The third-order valence-electron chi connectivity index (χ3n) is 4.21. The van der Waals surface area contributed by atoms with Gasteiger partial charge in [-0.15, -0.1) is 0 Å². The largest absolute Gasteiger partial charge is 0.456 e. The van der Waals surface area contributed by atoms with Gasteiger partial charge in [-0.3, -0.25) is 4.79 Å². The summed E-state index contributed by atoms with van der Waals surface area (Å²) < 4.78 is 5.88. The van der Waals surface area contributed by atoms with Crippen molar-refractivity contribution >= 4 is 5.78 Å². The Labute approximate surface area is 124 Å². The summed E-state index contributed by atoms with van der Waals surface area (Å²) in [4.78, 5) is 12.8. The van der Waals surface area contributed by atoms with Gasteiger partial charge in [-0.1, -0.05) is 35.9 Å². The van der Waals surface area contributed by atoms with E-state index in [-0.39, 0.29) is 5.78 Å². The van der Waals surface area contributed by atoms with Gasteiger partial charge in [0.15, 0.2) is 5.78 Å². The number of hydrogen-bond acceptors (Lipinski definition) is 3. The highest BCUT2D eigenvalue weighted by Crippen LogP contribution is 2.48. The molecule has 1 N–H and O–H groups in total. The van der Waals surface area contributed by atoms with Gasteiger partial charge >= 0.3 is 0 Å². The fraction of sp³-hybridized carbons (Fsp3) is 0.278. The Hall–Kier alpha value is -2.13. The lowest BCUT2D eigenvalue weighted by Gasteiger charge is -2.45. The smallest absolute Gasteiger partial charge is 0.247 e. The number of carbonyl (C=O) groups is 1. The van der Waals surface area contributed by atoms with Gasteiger partial charge in [0.1, 0.15) is 5.75 Å². The number of ketones is 1. The predicted octanol–water partition coefficient (Wildman–Crippen LogP) is 3.44. The van der Waals surface area contributed by atoms with E-state index in [4.69, 9.17) is 4.74 Å². The molecule has 0 aromatic heterocycles. The van der Waals surface area contributed by atoms with Crippen LogP contribution in [-0.4, -0.2) is 10.9 Å². The van der Waals surface area contributed by atoms with Crippen LogP contribution in [0.4, 0.5) is 0 Å². The minimum absolute atomic E-state index is 0.117. The fourth-order valence-corrected chi connectivity index (χ4v) is 2.80. The topological polar surface area (TPSA) is 46.5 Å². The summed E-state index contributed by atoms with van der Waals surface area (Å²) >= 11 is 0. The average molecular weight is 282 g/mol. The predicted molar refractivity (Wildman–Crippen MR) is 80.3 cm³/mol. The molecule has 0 saturated carbocycles. The molecule has 0 aliphatic carbocycles. The first-order valence-corrected chi connectivity index (χ1v) is 6.98. The number of ether oxygens (including phenoxy) is 1. The van der Waals surface area contributed by atoms with Crippen LogP contribution in [-0.2, 0) is 5.79 Å². The number of Topliss-reactive ketones (excluding diaryl/α,β-unsaturated/α-hetero) is 1. The molecule has 0 radical (unpaired) electrons. The Kier molecular flexibility index (Phi) is 2.92. The van der Waals surface area contributed by atoms with Gasteiger partial charge in [-0.05, 0) is 39.0 Å². The molecule has 1 unspecified atom stereocenters. The van der Waals surface area contributed by atoms with Gasteiger partial charge in [0.25, 0.3) is 0 Å². The zero-order chi connectivity index (χ0) is 15.3. The first-order valence-electron chi connectivity index (χ1n) is 6.98. The van der Waals surface area contributed by atoms with Crippen LogP contribution in [0.5, 0.6) is 5.75 Å². The van der Waals surface area contributed by atoms with Gasteiger partial charge in [-0.25, -0.2) is 0 Å². The van der Waals surface area contributed by atoms with Crippen LogP contribution >= 0.6 is 0 Å². The van der Waals surface area contributed by atoms with Crippen LogP contribution in [0, 0.1) is 12.3 Å². The Balaban J connectivity index is 2.21.